The summed E-state index contributed by atoms with van der Waals surface area (Å²) in [6.45, 7) is 7.05. The number of hydrogen-bond acceptors (Lipinski definition) is 7. The van der Waals surface area contributed by atoms with Crippen molar-refractivity contribution in [2.45, 2.75) is 39.3 Å². The van der Waals surface area contributed by atoms with E-state index < -0.39 is 0 Å². The molecule has 9 nitrogen and oxygen atoms in total. The van der Waals surface area contributed by atoms with Crippen molar-refractivity contribution in [1.82, 2.24) is 14.9 Å². The molecule has 1 saturated heterocycles. The second-order valence-corrected chi connectivity index (χ2v) is 7.45. The first-order chi connectivity index (χ1) is 14.5. The highest BCUT2D eigenvalue weighted by Gasteiger charge is 2.25. The number of benzene rings is 1. The van der Waals surface area contributed by atoms with E-state index in [1.165, 1.54) is 0 Å². The van der Waals surface area contributed by atoms with Crippen LogP contribution >= 0.6 is 0 Å². The number of carbonyl (C=O) groups excluding carboxylic acids is 1. The van der Waals surface area contributed by atoms with Crippen LogP contribution in [0, 0.1) is 6.92 Å². The molecule has 30 heavy (non-hydrogen) atoms. The number of nitrogens with one attached hydrogen (secondary N) is 3. The van der Waals surface area contributed by atoms with E-state index >= 15 is 0 Å². The second kappa shape index (κ2) is 10.3. The van der Waals surface area contributed by atoms with Crippen molar-refractivity contribution >= 4 is 17.7 Å². The number of nitrogens with zero attached hydrogens (tertiary/aromatic N) is 2. The number of ether oxygens (including phenoxy) is 1. The van der Waals surface area contributed by atoms with Crippen LogP contribution in [0.3, 0.4) is 0 Å². The smallest absolute Gasteiger partial charge is 0.271 e. The first-order valence-corrected chi connectivity index (χ1v) is 10.5. The van der Waals surface area contributed by atoms with Gasteiger partial charge in [-0.3, -0.25) is 9.36 Å². The zero-order chi connectivity index (χ0) is 21.5. The summed E-state index contributed by atoms with van der Waals surface area (Å²) in [6, 6.07) is 5.68. The van der Waals surface area contributed by atoms with E-state index in [1.807, 2.05) is 30.5 Å². The van der Waals surface area contributed by atoms with E-state index in [2.05, 4.69) is 16.0 Å². The van der Waals surface area contributed by atoms with Crippen molar-refractivity contribution in [3.05, 3.63) is 35.0 Å². The Hall–Kier alpha value is -2.78. The Bertz CT molecular complexity index is 861. The highest BCUT2D eigenvalue weighted by atomic mass is 16.5. The summed E-state index contributed by atoms with van der Waals surface area (Å²) in [5.41, 5.74) is 7.87. The number of aromatic nitrogens is 2. The minimum Gasteiger partial charge on any atom is -0.508 e. The molecule has 1 aromatic carbocycles. The van der Waals surface area contributed by atoms with Crippen LogP contribution in [0.2, 0.25) is 0 Å². The Morgan fingerprint density at radius 3 is 2.80 bits per heavy atom. The molecule has 0 radical (unpaired) electrons. The summed E-state index contributed by atoms with van der Waals surface area (Å²) in [5.74, 6) is 1.20. The average molecular weight is 417 g/mol. The highest BCUT2D eigenvalue weighted by molar-refractivity contribution is 5.98. The van der Waals surface area contributed by atoms with Crippen molar-refractivity contribution in [1.29, 1.82) is 0 Å². The lowest BCUT2D eigenvalue weighted by molar-refractivity contribution is 0.0901. The first kappa shape index (κ1) is 21.9. The Kier molecular flexibility index (Phi) is 7.53. The summed E-state index contributed by atoms with van der Waals surface area (Å²) in [6.07, 6.45) is 1.76. The summed E-state index contributed by atoms with van der Waals surface area (Å²) < 4.78 is 7.35. The summed E-state index contributed by atoms with van der Waals surface area (Å²) in [5, 5.41) is 19.4. The van der Waals surface area contributed by atoms with Crippen molar-refractivity contribution < 1.29 is 14.6 Å². The third-order valence-electron chi connectivity index (χ3n) is 5.11. The minimum atomic E-state index is -0.194. The number of carbonyl (C=O) groups is 1. The SMILES string of the molecule is CCNC(=O)c1c(NCCN)nc(NC2CCOCC2)n1Cc1ccc(O)c(C)c1. The molecule has 1 aromatic heterocycles. The molecule has 164 valence electrons. The summed E-state index contributed by atoms with van der Waals surface area (Å²) in [7, 11) is 0. The molecule has 0 spiro atoms. The van der Waals surface area contributed by atoms with Gasteiger partial charge in [0.25, 0.3) is 5.91 Å². The average Bonchev–Trinajstić information content (AvgIpc) is 3.07. The normalized spacial score (nSPS) is 14.5. The first-order valence-electron chi connectivity index (χ1n) is 10.5. The molecule has 1 aliphatic rings. The maximum atomic E-state index is 12.9. The molecule has 0 aliphatic carbocycles. The molecule has 1 aliphatic heterocycles. The van der Waals surface area contributed by atoms with Crippen LogP contribution in [0.15, 0.2) is 18.2 Å². The molecule has 0 bridgehead atoms. The van der Waals surface area contributed by atoms with Crippen molar-refractivity contribution in [3.8, 4) is 5.75 Å². The third kappa shape index (κ3) is 5.22. The van der Waals surface area contributed by atoms with Gasteiger partial charge >= 0.3 is 0 Å². The molecule has 6 N–H and O–H groups in total. The predicted octanol–water partition coefficient (Wildman–Crippen LogP) is 1.66. The van der Waals surface area contributed by atoms with Gasteiger partial charge in [0.05, 0.1) is 6.54 Å². The molecule has 2 aromatic rings. The zero-order valence-electron chi connectivity index (χ0n) is 17.7. The molecule has 0 unspecified atom stereocenters. The Labute approximate surface area is 177 Å². The van der Waals surface area contributed by atoms with Crippen molar-refractivity contribution in [2.24, 2.45) is 5.73 Å². The van der Waals surface area contributed by atoms with Crippen LogP contribution in [0.25, 0.3) is 0 Å². The van der Waals surface area contributed by atoms with Gasteiger partial charge in [-0.15, -0.1) is 0 Å². The van der Waals surface area contributed by atoms with Crippen LogP contribution in [0.1, 0.15) is 41.4 Å². The number of imidazole rings is 1. The van der Waals surface area contributed by atoms with Crippen LogP contribution in [-0.4, -0.2) is 59.5 Å². The van der Waals surface area contributed by atoms with Crippen LogP contribution in [0.4, 0.5) is 11.8 Å². The number of phenolic OH excluding ortho intramolecular Hbond substituents is 1. The van der Waals surface area contributed by atoms with E-state index in [4.69, 9.17) is 15.5 Å². The number of aryl methyl sites for hydroxylation is 1. The number of aromatic hydroxyl groups is 1. The van der Waals surface area contributed by atoms with Crippen molar-refractivity contribution in [2.75, 3.05) is 43.5 Å². The summed E-state index contributed by atoms with van der Waals surface area (Å²) >= 11 is 0. The lowest BCUT2D eigenvalue weighted by Gasteiger charge is -2.24. The van der Waals surface area contributed by atoms with Gasteiger partial charge in [0.2, 0.25) is 5.95 Å². The minimum absolute atomic E-state index is 0.194. The lowest BCUT2D eigenvalue weighted by atomic mass is 10.1. The maximum absolute atomic E-state index is 12.9. The topological polar surface area (TPSA) is 126 Å². The van der Waals surface area contributed by atoms with E-state index in [-0.39, 0.29) is 17.7 Å². The molecule has 0 atom stereocenters. The van der Waals surface area contributed by atoms with E-state index in [9.17, 15) is 9.90 Å². The number of amides is 1. The fourth-order valence-electron chi connectivity index (χ4n) is 3.53. The van der Waals surface area contributed by atoms with Crippen LogP contribution in [0.5, 0.6) is 5.75 Å². The molecule has 2 heterocycles. The molecule has 1 amide bonds. The van der Waals surface area contributed by atoms with Gasteiger partial charge in [0, 0.05) is 38.9 Å². The standard InChI is InChI=1S/C21H32N6O3/c1-3-23-20(29)18-19(24-9-8-22)26-21(25-16-6-10-30-11-7-16)27(18)13-15-4-5-17(28)14(2)12-15/h4-5,12,16,24,28H,3,6-11,13,22H2,1-2H3,(H,23,29)(H,25,26). The molecular formula is C21H32N6O3. The molecule has 0 saturated carbocycles. The monoisotopic (exact) mass is 416 g/mol. The predicted molar refractivity (Wildman–Crippen MR) is 117 cm³/mol. The molecule has 1 fully saturated rings. The lowest BCUT2D eigenvalue weighted by Crippen LogP contribution is -2.30. The van der Waals surface area contributed by atoms with Crippen molar-refractivity contribution in [3.63, 3.8) is 0 Å². The second-order valence-electron chi connectivity index (χ2n) is 7.45. The highest BCUT2D eigenvalue weighted by Crippen LogP contribution is 2.26. The van der Waals surface area contributed by atoms with E-state index in [0.29, 0.717) is 56.9 Å². The maximum Gasteiger partial charge on any atom is 0.271 e. The quantitative estimate of drug-likeness (QED) is 0.421. The number of anilines is 2. The van der Waals surface area contributed by atoms with Crippen LogP contribution < -0.4 is 21.7 Å². The van der Waals surface area contributed by atoms with Gasteiger partial charge in [-0.1, -0.05) is 12.1 Å². The van der Waals surface area contributed by atoms with E-state index in [0.717, 1.165) is 24.0 Å². The summed E-state index contributed by atoms with van der Waals surface area (Å²) in [4.78, 5) is 17.7. The number of phenols is 1. The number of rotatable bonds is 9. The van der Waals surface area contributed by atoms with Gasteiger partial charge in [-0.2, -0.15) is 4.98 Å². The number of hydrogen-bond donors (Lipinski definition) is 5. The van der Waals surface area contributed by atoms with Gasteiger partial charge < -0.3 is 31.5 Å². The Morgan fingerprint density at radius 1 is 1.37 bits per heavy atom. The van der Waals surface area contributed by atoms with Gasteiger partial charge in [0.1, 0.15) is 5.75 Å². The van der Waals surface area contributed by atoms with Crippen LogP contribution in [-0.2, 0) is 11.3 Å². The molecule has 9 heteroatoms. The largest absolute Gasteiger partial charge is 0.508 e. The molecular weight excluding hydrogens is 384 g/mol. The fourth-order valence-corrected chi connectivity index (χ4v) is 3.53. The third-order valence-corrected chi connectivity index (χ3v) is 5.11. The molecule has 3 rings (SSSR count). The van der Waals surface area contributed by atoms with Gasteiger partial charge in [-0.25, -0.2) is 0 Å². The Balaban J connectivity index is 2.01. The zero-order valence-corrected chi connectivity index (χ0v) is 17.7. The Morgan fingerprint density at radius 2 is 2.13 bits per heavy atom. The van der Waals surface area contributed by atoms with E-state index in [1.54, 1.807) is 6.07 Å². The number of nitrogens with two attached hydrogens (primary N) is 1. The van der Waals surface area contributed by atoms with Gasteiger partial charge in [0.15, 0.2) is 11.5 Å². The van der Waals surface area contributed by atoms with Gasteiger partial charge in [-0.05, 0) is 43.9 Å². The fraction of sp³-hybridized carbons (Fsp3) is 0.524.